The summed E-state index contributed by atoms with van der Waals surface area (Å²) in [6.07, 6.45) is 6.20. The van der Waals surface area contributed by atoms with Crippen LogP contribution in [-0.2, 0) is 0 Å². The van der Waals surface area contributed by atoms with E-state index in [2.05, 4.69) is 80.4 Å². The fourth-order valence-electron chi connectivity index (χ4n) is 5.65. The Labute approximate surface area is 244 Å². The zero-order valence-electron chi connectivity index (χ0n) is 23.5. The summed E-state index contributed by atoms with van der Waals surface area (Å²) in [6.45, 7) is 6.56. The van der Waals surface area contributed by atoms with Crippen molar-refractivity contribution in [1.29, 1.82) is 0 Å². The minimum atomic E-state index is 0.227. The lowest BCUT2D eigenvalue weighted by Crippen LogP contribution is -2.48. The Bertz CT molecular complexity index is 1790. The Balaban J connectivity index is 1.13. The van der Waals surface area contributed by atoms with Gasteiger partial charge in [0.05, 0.1) is 29.4 Å². The van der Waals surface area contributed by atoms with Gasteiger partial charge in [-0.1, -0.05) is 12.1 Å². The minimum Gasteiger partial charge on any atom is -0.492 e. The minimum absolute atomic E-state index is 0.227. The monoisotopic (exact) mass is 558 g/mol. The fourth-order valence-corrected chi connectivity index (χ4v) is 5.65. The first-order chi connectivity index (χ1) is 20.7. The van der Waals surface area contributed by atoms with Crippen LogP contribution in [0.3, 0.4) is 0 Å². The van der Waals surface area contributed by atoms with Crippen molar-refractivity contribution in [2.75, 3.05) is 52.5 Å². The van der Waals surface area contributed by atoms with E-state index in [1.165, 1.54) is 0 Å². The summed E-state index contributed by atoms with van der Waals surface area (Å²) < 4.78 is 6.09. The second-order valence-electron chi connectivity index (χ2n) is 10.9. The normalized spacial score (nSPS) is 15.6. The van der Waals surface area contributed by atoms with Crippen LogP contribution in [0.2, 0.25) is 0 Å². The van der Waals surface area contributed by atoms with E-state index >= 15 is 0 Å². The van der Waals surface area contributed by atoms with E-state index < -0.39 is 0 Å². The summed E-state index contributed by atoms with van der Waals surface area (Å²) in [7, 11) is 0. The summed E-state index contributed by atoms with van der Waals surface area (Å²) in [5.41, 5.74) is 9.75. The van der Waals surface area contributed by atoms with E-state index in [4.69, 9.17) is 19.8 Å². The van der Waals surface area contributed by atoms with Gasteiger partial charge < -0.3 is 19.8 Å². The first-order valence-electron chi connectivity index (χ1n) is 14.5. The average molecular weight is 559 g/mol. The molecule has 0 unspecified atom stereocenters. The molecule has 4 aromatic rings. The maximum absolute atomic E-state index is 9.14. The van der Waals surface area contributed by atoms with Gasteiger partial charge in [0, 0.05) is 66.9 Å². The number of benzene rings is 1. The van der Waals surface area contributed by atoms with Crippen LogP contribution < -0.4 is 4.74 Å². The van der Waals surface area contributed by atoms with Crippen molar-refractivity contribution in [3.8, 4) is 5.75 Å². The largest absolute Gasteiger partial charge is 0.492 e. The molecule has 42 heavy (non-hydrogen) atoms. The number of aromatic nitrogens is 4. The molecule has 212 valence electrons. The number of aromatic amines is 2. The number of aliphatic hydroxyl groups is 1. The molecule has 0 amide bonds. The molecule has 0 atom stereocenters. The summed E-state index contributed by atoms with van der Waals surface area (Å²) in [4.78, 5) is 21.4. The van der Waals surface area contributed by atoms with Crippen molar-refractivity contribution in [3.05, 3.63) is 101 Å². The molecule has 1 fully saturated rings. The number of hydrogen-bond acceptors (Lipinski definition) is 6. The molecule has 3 N–H and O–H groups in total. The number of rotatable bonds is 7. The second kappa shape index (κ2) is 11.8. The molecule has 1 aromatic carbocycles. The highest BCUT2D eigenvalue weighted by molar-refractivity contribution is 5.93. The molecule has 3 aromatic heterocycles. The van der Waals surface area contributed by atoms with Crippen LogP contribution in [0.15, 0.2) is 72.8 Å². The number of piperazine rings is 1. The molecule has 8 nitrogen and oxygen atoms in total. The van der Waals surface area contributed by atoms with Crippen LogP contribution in [0.5, 0.6) is 5.75 Å². The number of nitrogens with one attached hydrogen (secondary N) is 2. The number of nitrogens with zero attached hydrogens (tertiary/aromatic N) is 4. The lowest BCUT2D eigenvalue weighted by Gasteiger charge is -2.34. The molecule has 3 aliphatic heterocycles. The van der Waals surface area contributed by atoms with Crippen molar-refractivity contribution in [3.63, 3.8) is 0 Å². The van der Waals surface area contributed by atoms with Gasteiger partial charge >= 0.3 is 0 Å². The lowest BCUT2D eigenvalue weighted by molar-refractivity contribution is 0.102. The number of hydrogen-bond donors (Lipinski definition) is 3. The molecular weight excluding hydrogens is 524 g/mol. The fraction of sp³-hybridized carbons (Fsp3) is 0.235. The van der Waals surface area contributed by atoms with Crippen molar-refractivity contribution in [2.45, 2.75) is 0 Å². The molecule has 8 bridgehead atoms. The zero-order valence-corrected chi connectivity index (χ0v) is 23.5. The highest BCUT2D eigenvalue weighted by Gasteiger charge is 2.16. The summed E-state index contributed by atoms with van der Waals surface area (Å²) in [6, 6.07) is 24.8. The van der Waals surface area contributed by atoms with Crippen LogP contribution in [0.25, 0.3) is 45.9 Å². The van der Waals surface area contributed by atoms with Crippen LogP contribution in [0, 0.1) is 0 Å². The SMILES string of the molecule is OCCN1CCN(CCOc2ccc(C3=Cc4cc5ccc(cc6nc(cc7ccc(cc3n4)[nH]7)C=C6)[nH]5)cc2)CC1. The van der Waals surface area contributed by atoms with Crippen molar-refractivity contribution >= 4 is 45.9 Å². The Morgan fingerprint density at radius 3 is 1.86 bits per heavy atom. The van der Waals surface area contributed by atoms with Crippen molar-refractivity contribution in [2.24, 2.45) is 0 Å². The highest BCUT2D eigenvalue weighted by Crippen LogP contribution is 2.30. The van der Waals surface area contributed by atoms with Crippen LogP contribution in [0.1, 0.15) is 28.3 Å². The van der Waals surface area contributed by atoms with Crippen molar-refractivity contribution in [1.82, 2.24) is 29.7 Å². The molecule has 0 saturated carbocycles. The molecule has 3 aliphatic rings. The standard InChI is InChI=1S/C34H34N6O2/c41-17-15-39-11-13-40(14-12-39)16-18-42-32-9-1-24(2-10-32)33-22-31-21-29-6-5-27(36-29)19-25-3-4-26(35-25)20-28-7-8-30(37-28)23-34(33)38-31/h1-10,19-23,36-37,41H,11-18H2. The second-order valence-corrected chi connectivity index (χ2v) is 10.9. The third kappa shape index (κ3) is 6.06. The molecule has 7 rings (SSSR count). The van der Waals surface area contributed by atoms with Gasteiger partial charge in [0.1, 0.15) is 12.4 Å². The van der Waals surface area contributed by atoms with Gasteiger partial charge in [-0.2, -0.15) is 0 Å². The Hall–Kier alpha value is -4.50. The van der Waals surface area contributed by atoms with E-state index in [9.17, 15) is 0 Å². The number of ether oxygens (including phenoxy) is 1. The van der Waals surface area contributed by atoms with Crippen LogP contribution >= 0.6 is 0 Å². The molecule has 8 heteroatoms. The average Bonchev–Trinajstić information content (AvgIpc) is 3.80. The number of fused-ring (bicyclic) bond motifs is 8. The quantitative estimate of drug-likeness (QED) is 0.254. The predicted octanol–water partition coefficient (Wildman–Crippen LogP) is 5.06. The topological polar surface area (TPSA) is 93.3 Å². The Morgan fingerprint density at radius 2 is 1.24 bits per heavy atom. The molecule has 6 heterocycles. The Kier molecular flexibility index (Phi) is 7.40. The first-order valence-corrected chi connectivity index (χ1v) is 14.5. The van der Waals surface area contributed by atoms with Gasteiger partial charge in [0.2, 0.25) is 0 Å². The number of β-amino-alcohol motifs (C(OH)–C–C–N with tert-alkyl or cyclic N) is 1. The highest BCUT2D eigenvalue weighted by atomic mass is 16.5. The third-order valence-electron chi connectivity index (χ3n) is 7.89. The molecular formula is C34H34N6O2. The smallest absolute Gasteiger partial charge is 0.119 e. The van der Waals surface area contributed by atoms with E-state index in [0.29, 0.717) is 6.61 Å². The lowest BCUT2D eigenvalue weighted by atomic mass is 10.0. The van der Waals surface area contributed by atoms with Crippen LogP contribution in [-0.4, -0.2) is 87.3 Å². The molecule has 1 saturated heterocycles. The molecule has 0 spiro atoms. The van der Waals surface area contributed by atoms with Gasteiger partial charge in [-0.25, -0.2) is 9.97 Å². The van der Waals surface area contributed by atoms with Gasteiger partial charge in [-0.05, 0) is 84.5 Å². The summed E-state index contributed by atoms with van der Waals surface area (Å²) in [5, 5.41) is 9.14. The summed E-state index contributed by atoms with van der Waals surface area (Å²) >= 11 is 0. The van der Waals surface area contributed by atoms with E-state index in [1.807, 2.05) is 30.4 Å². The zero-order chi connectivity index (χ0) is 28.3. The van der Waals surface area contributed by atoms with Gasteiger partial charge in [-0.15, -0.1) is 0 Å². The van der Waals surface area contributed by atoms with Gasteiger partial charge in [-0.3, -0.25) is 9.80 Å². The van der Waals surface area contributed by atoms with Gasteiger partial charge in [0.25, 0.3) is 0 Å². The predicted molar refractivity (Wildman–Crippen MR) is 169 cm³/mol. The third-order valence-corrected chi connectivity index (χ3v) is 7.89. The first kappa shape index (κ1) is 26.4. The summed E-state index contributed by atoms with van der Waals surface area (Å²) in [5.74, 6) is 0.865. The number of H-pyrrole nitrogens is 2. The van der Waals surface area contributed by atoms with Crippen molar-refractivity contribution < 1.29 is 9.84 Å². The number of aliphatic hydroxyl groups excluding tert-OH is 1. The van der Waals surface area contributed by atoms with E-state index in [1.54, 1.807) is 0 Å². The molecule has 0 aliphatic carbocycles. The van der Waals surface area contributed by atoms with E-state index in [-0.39, 0.29) is 6.61 Å². The maximum Gasteiger partial charge on any atom is 0.119 e. The molecule has 0 radical (unpaired) electrons. The van der Waals surface area contributed by atoms with Crippen LogP contribution in [0.4, 0.5) is 0 Å². The maximum atomic E-state index is 9.14. The van der Waals surface area contributed by atoms with E-state index in [0.717, 1.165) is 101 Å². The van der Waals surface area contributed by atoms with Gasteiger partial charge in [0.15, 0.2) is 0 Å². The Morgan fingerprint density at radius 1 is 0.667 bits per heavy atom.